The molecule has 15 heteroatoms. The van der Waals surface area contributed by atoms with Gasteiger partial charge in [0.05, 0.1) is 25.4 Å². The minimum absolute atomic E-state index is 0.00664. The Labute approximate surface area is 197 Å². The second kappa shape index (κ2) is 10.6. The molecule has 1 fully saturated rings. The van der Waals surface area contributed by atoms with E-state index in [9.17, 15) is 19.9 Å². The van der Waals surface area contributed by atoms with Gasteiger partial charge in [-0.3, -0.25) is 14.3 Å². The zero-order valence-electron chi connectivity index (χ0n) is 19.5. The maximum absolute atomic E-state index is 12.1. The number of nitrogens with two attached hydrogens (primary N) is 1. The van der Waals surface area contributed by atoms with Crippen molar-refractivity contribution in [1.29, 1.82) is 5.26 Å². The number of nitrogens with zero attached hydrogens (tertiary/aromatic N) is 5. The molecular weight excluding hydrogens is 467 g/mol. The summed E-state index contributed by atoms with van der Waals surface area (Å²) in [4.78, 5) is 33.3. The maximum Gasteiger partial charge on any atom is 0.303 e. The molecule has 0 aliphatic carbocycles. The zero-order valence-corrected chi connectivity index (χ0v) is 20.4. The predicted octanol–water partition coefficient (Wildman–Crippen LogP) is -0.391. The average molecular weight is 499 g/mol. The number of imidazole rings is 1. The number of anilines is 1. The van der Waals surface area contributed by atoms with E-state index in [0.29, 0.717) is 6.54 Å². The number of aliphatic hydroxyl groups excluding tert-OH is 2. The molecule has 1 aliphatic heterocycles. The number of aromatic amines is 1. The lowest BCUT2D eigenvalue weighted by molar-refractivity contribution is -0.994. The first-order valence-electron chi connectivity index (χ1n) is 10.9. The summed E-state index contributed by atoms with van der Waals surface area (Å²) in [6, 6.07) is 2.15. The molecule has 0 radical (unpaired) electrons. The molecule has 1 saturated heterocycles. The van der Waals surface area contributed by atoms with Gasteiger partial charge >= 0.3 is 8.53 Å². The van der Waals surface area contributed by atoms with E-state index in [2.05, 4.69) is 26.2 Å². The fourth-order valence-corrected chi connectivity index (χ4v) is 5.70. The van der Waals surface area contributed by atoms with Crippen molar-refractivity contribution >= 4 is 25.6 Å². The number of aromatic nitrogens is 4. The molecule has 0 saturated carbocycles. The summed E-state index contributed by atoms with van der Waals surface area (Å²) in [5.41, 5.74) is 5.20. The van der Waals surface area contributed by atoms with Crippen LogP contribution in [0.3, 0.4) is 0 Å². The topological polar surface area (TPSA) is 205 Å². The number of rotatable bonds is 10. The molecule has 3 heterocycles. The van der Waals surface area contributed by atoms with Gasteiger partial charge in [0.25, 0.3) is 5.56 Å². The molecule has 0 spiro atoms. The lowest BCUT2D eigenvalue weighted by Gasteiger charge is -2.45. The lowest BCUT2D eigenvalue weighted by Crippen LogP contribution is -2.64. The van der Waals surface area contributed by atoms with Gasteiger partial charge in [-0.2, -0.15) is 10.2 Å². The number of nitrogens with one attached hydrogen (secondary N) is 2. The van der Waals surface area contributed by atoms with Gasteiger partial charge in [-0.25, -0.2) is 9.58 Å². The van der Waals surface area contributed by atoms with Crippen molar-refractivity contribution in [2.45, 2.75) is 70.7 Å². The van der Waals surface area contributed by atoms with Crippen LogP contribution in [0.4, 0.5) is 5.95 Å². The van der Waals surface area contributed by atoms with Crippen molar-refractivity contribution in [2.24, 2.45) is 0 Å². The number of hydrogen-bond donors (Lipinski definition) is 6. The average Bonchev–Trinajstić information content (AvgIpc) is 3.31. The molecule has 2 aromatic heterocycles. The van der Waals surface area contributed by atoms with Gasteiger partial charge in [0.2, 0.25) is 5.95 Å². The molecule has 1 aliphatic rings. The van der Waals surface area contributed by atoms with Crippen LogP contribution in [0.2, 0.25) is 0 Å². The molecule has 7 N–H and O–H groups in total. The summed E-state index contributed by atoms with van der Waals surface area (Å²) in [5.74, 6) is -0.129. The number of nitrogen functional groups attached to an aromatic ring is 1. The number of quaternary nitrogens is 1. The minimum atomic E-state index is -2.30. The van der Waals surface area contributed by atoms with Gasteiger partial charge in [-0.15, -0.1) is 0 Å². The van der Waals surface area contributed by atoms with E-state index in [1.165, 1.54) is 10.9 Å². The Morgan fingerprint density at radius 1 is 1.44 bits per heavy atom. The highest BCUT2D eigenvalue weighted by molar-refractivity contribution is 7.43. The molecule has 3 rings (SSSR count). The van der Waals surface area contributed by atoms with E-state index < -0.39 is 45.2 Å². The fourth-order valence-electron chi connectivity index (χ4n) is 4.28. The van der Waals surface area contributed by atoms with Gasteiger partial charge in [-0.1, -0.05) is 5.20 Å². The highest BCUT2D eigenvalue weighted by Crippen LogP contribution is 2.41. The SMILES string of the molecule is CC(C)[N+](CCC#N)(NP(O)O[C@H]1[C@@H](O)[C@H](n2cnc3c(=O)[nH]c(N)nc32)O[C@@H]1CO)C(C)C. The highest BCUT2D eigenvalue weighted by Gasteiger charge is 2.48. The Hall–Kier alpha value is -2.21. The Balaban J connectivity index is 1.84. The van der Waals surface area contributed by atoms with Crippen LogP contribution in [0.5, 0.6) is 0 Å². The summed E-state index contributed by atoms with van der Waals surface area (Å²) in [6.07, 6.45) is -2.97. The first kappa shape index (κ1) is 26.4. The monoisotopic (exact) mass is 499 g/mol. The van der Waals surface area contributed by atoms with Crippen LogP contribution in [0.1, 0.15) is 40.3 Å². The quantitative estimate of drug-likeness (QED) is 0.141. The highest BCUT2D eigenvalue weighted by atomic mass is 31.2. The third-order valence-corrected chi connectivity index (χ3v) is 7.13. The van der Waals surface area contributed by atoms with Gasteiger partial charge in [0, 0.05) is 0 Å². The molecule has 2 aromatic rings. The Morgan fingerprint density at radius 3 is 2.71 bits per heavy atom. The van der Waals surface area contributed by atoms with Crippen molar-refractivity contribution in [3.05, 3.63) is 16.7 Å². The summed E-state index contributed by atoms with van der Waals surface area (Å²) in [7, 11) is -2.30. The molecule has 1 unspecified atom stereocenters. The van der Waals surface area contributed by atoms with Crippen molar-refractivity contribution < 1.29 is 29.0 Å². The number of ether oxygens (including phenoxy) is 1. The van der Waals surface area contributed by atoms with E-state index >= 15 is 0 Å². The van der Waals surface area contributed by atoms with Gasteiger partial charge in [0.1, 0.15) is 36.9 Å². The second-order valence-electron chi connectivity index (χ2n) is 8.71. The largest absolute Gasteiger partial charge is 0.394 e. The van der Waals surface area contributed by atoms with Crippen LogP contribution in [0, 0.1) is 11.3 Å². The molecule has 188 valence electrons. The zero-order chi connectivity index (χ0) is 25.2. The van der Waals surface area contributed by atoms with Crippen LogP contribution in [-0.4, -0.2) is 82.8 Å². The summed E-state index contributed by atoms with van der Waals surface area (Å²) >= 11 is 0. The van der Waals surface area contributed by atoms with E-state index in [-0.39, 0.29) is 40.2 Å². The number of hydrogen-bond acceptors (Lipinski definition) is 11. The molecule has 0 amide bonds. The Bertz CT molecular complexity index is 1080. The first-order chi connectivity index (χ1) is 16.0. The first-order valence-corrected chi connectivity index (χ1v) is 12.1. The standard InChI is InChI=1S/C19H31N8O6P/c1-10(2)27(11(3)4,7-5-6-20)25-34(31)33-15-12(8-28)32-18(14(15)29)26-9-22-13-16(26)23-19(21)24-17(13)30/h9-12,14-15,18,25,28-29,31H,5,7-8H2,1-4H3,(H2-,21,23,24,30)/p+1/t12-,14-,15-,18-,34?/m1/s1. The molecule has 14 nitrogen and oxygen atoms in total. The Kier molecular flexibility index (Phi) is 8.22. The predicted molar refractivity (Wildman–Crippen MR) is 122 cm³/mol. The Morgan fingerprint density at radius 2 is 2.12 bits per heavy atom. The third kappa shape index (κ3) is 4.93. The minimum Gasteiger partial charge on any atom is -0.394 e. The molecule has 5 atom stereocenters. The van der Waals surface area contributed by atoms with Crippen molar-refractivity contribution in [3.63, 3.8) is 0 Å². The second-order valence-corrected chi connectivity index (χ2v) is 9.66. The van der Waals surface area contributed by atoms with Crippen LogP contribution in [0.15, 0.2) is 11.1 Å². The maximum atomic E-state index is 12.1. The van der Waals surface area contributed by atoms with E-state index in [0.717, 1.165) is 0 Å². The van der Waals surface area contributed by atoms with Crippen LogP contribution < -0.4 is 16.5 Å². The third-order valence-electron chi connectivity index (χ3n) is 6.14. The smallest absolute Gasteiger partial charge is 0.303 e. The van der Waals surface area contributed by atoms with Gasteiger partial charge in [0.15, 0.2) is 17.4 Å². The summed E-state index contributed by atoms with van der Waals surface area (Å²) < 4.78 is 13.1. The van der Waals surface area contributed by atoms with Gasteiger partial charge in [-0.05, 0) is 27.7 Å². The van der Waals surface area contributed by atoms with Crippen LogP contribution in [-0.2, 0) is 9.26 Å². The van der Waals surface area contributed by atoms with E-state index in [1.807, 2.05) is 27.7 Å². The van der Waals surface area contributed by atoms with Crippen molar-refractivity contribution in [1.82, 2.24) is 24.7 Å². The molecule has 0 bridgehead atoms. The van der Waals surface area contributed by atoms with Crippen molar-refractivity contribution in [2.75, 3.05) is 18.9 Å². The number of nitriles is 1. The fraction of sp³-hybridized carbons (Fsp3) is 0.684. The molecule has 34 heavy (non-hydrogen) atoms. The summed E-state index contributed by atoms with van der Waals surface area (Å²) in [5, 5.41) is 33.0. The number of aliphatic hydroxyl groups is 2. The number of fused-ring (bicyclic) bond motifs is 1. The molecular formula is C19H32N8O6P+. The lowest BCUT2D eigenvalue weighted by atomic mass is 10.1. The normalized spacial score (nSPS) is 24.2. The summed E-state index contributed by atoms with van der Waals surface area (Å²) in [6.45, 7) is 7.83. The number of H-pyrrole nitrogens is 1. The van der Waals surface area contributed by atoms with Gasteiger partial charge < -0.3 is 30.1 Å². The van der Waals surface area contributed by atoms with Crippen molar-refractivity contribution in [3.8, 4) is 6.07 Å². The van der Waals surface area contributed by atoms with E-state index in [1.54, 1.807) is 0 Å². The molecule has 0 aromatic carbocycles. The van der Waals surface area contributed by atoms with Crippen LogP contribution >= 0.6 is 8.53 Å². The van der Waals surface area contributed by atoms with E-state index in [4.69, 9.17) is 20.3 Å². The van der Waals surface area contributed by atoms with Crippen LogP contribution in [0.25, 0.3) is 11.2 Å².